The predicted molar refractivity (Wildman–Crippen MR) is 61.3 cm³/mol. The van der Waals surface area contributed by atoms with Gasteiger partial charge in [-0.25, -0.2) is 0 Å². The summed E-state index contributed by atoms with van der Waals surface area (Å²) >= 11 is 0. The summed E-state index contributed by atoms with van der Waals surface area (Å²) in [6.45, 7) is 4.65. The highest BCUT2D eigenvalue weighted by molar-refractivity contribution is 4.91. The fourth-order valence-electron chi connectivity index (χ4n) is 3.48. The Kier molecular flexibility index (Phi) is 3.64. The van der Waals surface area contributed by atoms with Gasteiger partial charge in [0.1, 0.15) is 0 Å². The van der Waals surface area contributed by atoms with E-state index < -0.39 is 0 Å². The third-order valence-electron chi connectivity index (χ3n) is 4.36. The van der Waals surface area contributed by atoms with Crippen molar-refractivity contribution in [3.63, 3.8) is 0 Å². The molecule has 1 saturated heterocycles. The van der Waals surface area contributed by atoms with Crippen LogP contribution >= 0.6 is 0 Å². The standard InChI is InChI=1S/C13H22N2/c1-11-7-10-15(9-4-8-14)13-6-3-2-5-12(11)13/h11-13H,2-7,9-10H2,1H3/t11-,12-,13-/m1/s1. The highest BCUT2D eigenvalue weighted by Gasteiger charge is 2.36. The van der Waals surface area contributed by atoms with E-state index in [2.05, 4.69) is 17.9 Å². The Labute approximate surface area is 93.3 Å². The SMILES string of the molecule is C[C@@H]1CCN(CCC#N)[C@@H]2CCCC[C@H]12. The predicted octanol–water partition coefficient (Wildman–Crippen LogP) is 2.80. The molecular weight excluding hydrogens is 184 g/mol. The van der Waals surface area contributed by atoms with Gasteiger partial charge in [-0.3, -0.25) is 4.90 Å². The second-order valence-corrected chi connectivity index (χ2v) is 5.23. The van der Waals surface area contributed by atoms with Gasteiger partial charge in [-0.1, -0.05) is 19.8 Å². The van der Waals surface area contributed by atoms with Gasteiger partial charge in [0.2, 0.25) is 0 Å². The first-order valence-corrected chi connectivity index (χ1v) is 6.44. The minimum absolute atomic E-state index is 0.706. The third-order valence-corrected chi connectivity index (χ3v) is 4.36. The second kappa shape index (κ2) is 4.99. The lowest BCUT2D eigenvalue weighted by Gasteiger charge is -2.47. The Morgan fingerprint density at radius 1 is 1.27 bits per heavy atom. The van der Waals surface area contributed by atoms with Gasteiger partial charge in [0.05, 0.1) is 6.07 Å². The zero-order valence-corrected chi connectivity index (χ0v) is 9.78. The molecule has 1 saturated carbocycles. The van der Waals surface area contributed by atoms with Gasteiger partial charge < -0.3 is 0 Å². The molecule has 1 aliphatic carbocycles. The fraction of sp³-hybridized carbons (Fsp3) is 0.923. The van der Waals surface area contributed by atoms with Gasteiger partial charge in [0.15, 0.2) is 0 Å². The lowest BCUT2D eigenvalue weighted by molar-refractivity contribution is 0.0274. The quantitative estimate of drug-likeness (QED) is 0.694. The van der Waals surface area contributed by atoms with Crippen LogP contribution in [0.15, 0.2) is 0 Å². The van der Waals surface area contributed by atoms with Gasteiger partial charge in [0.25, 0.3) is 0 Å². The first-order chi connectivity index (χ1) is 7.33. The van der Waals surface area contributed by atoms with Crippen LogP contribution in [0.25, 0.3) is 0 Å². The molecule has 0 unspecified atom stereocenters. The van der Waals surface area contributed by atoms with Crippen molar-refractivity contribution in [1.82, 2.24) is 4.90 Å². The zero-order chi connectivity index (χ0) is 10.7. The Morgan fingerprint density at radius 3 is 2.87 bits per heavy atom. The maximum Gasteiger partial charge on any atom is 0.0635 e. The number of nitriles is 1. The van der Waals surface area contributed by atoms with Crippen LogP contribution < -0.4 is 0 Å². The molecule has 2 heteroatoms. The summed E-state index contributed by atoms with van der Waals surface area (Å²) in [5, 5.41) is 8.67. The van der Waals surface area contributed by atoms with Crippen LogP contribution in [0.4, 0.5) is 0 Å². The van der Waals surface area contributed by atoms with Crippen molar-refractivity contribution in [3.05, 3.63) is 0 Å². The van der Waals surface area contributed by atoms with E-state index in [0.29, 0.717) is 6.42 Å². The summed E-state index contributed by atoms with van der Waals surface area (Å²) in [5.41, 5.74) is 0. The van der Waals surface area contributed by atoms with Gasteiger partial charge in [-0.05, 0) is 37.6 Å². The number of piperidine rings is 1. The van der Waals surface area contributed by atoms with Crippen molar-refractivity contribution in [2.45, 2.75) is 51.5 Å². The van der Waals surface area contributed by atoms with E-state index in [1.807, 2.05) is 0 Å². The molecule has 0 spiro atoms. The van der Waals surface area contributed by atoms with Crippen molar-refractivity contribution < 1.29 is 0 Å². The molecule has 0 bridgehead atoms. The molecular formula is C13H22N2. The van der Waals surface area contributed by atoms with E-state index in [9.17, 15) is 0 Å². The first kappa shape index (κ1) is 11.0. The normalized spacial score (nSPS) is 36.9. The van der Waals surface area contributed by atoms with Gasteiger partial charge in [0, 0.05) is 19.0 Å². The van der Waals surface area contributed by atoms with E-state index >= 15 is 0 Å². The summed E-state index contributed by atoms with van der Waals surface area (Å²) in [6, 6.07) is 3.08. The third kappa shape index (κ3) is 2.34. The lowest BCUT2D eigenvalue weighted by Crippen LogP contribution is -2.50. The van der Waals surface area contributed by atoms with Crippen molar-refractivity contribution in [1.29, 1.82) is 5.26 Å². The molecule has 84 valence electrons. The largest absolute Gasteiger partial charge is 0.299 e. The van der Waals surface area contributed by atoms with Crippen LogP contribution in [0.3, 0.4) is 0 Å². The first-order valence-electron chi connectivity index (χ1n) is 6.44. The summed E-state index contributed by atoms with van der Waals surface area (Å²) in [4.78, 5) is 2.59. The Morgan fingerprint density at radius 2 is 2.07 bits per heavy atom. The van der Waals surface area contributed by atoms with Gasteiger partial charge >= 0.3 is 0 Å². The molecule has 1 heterocycles. The minimum Gasteiger partial charge on any atom is -0.299 e. The van der Waals surface area contributed by atoms with Crippen LogP contribution in [0.5, 0.6) is 0 Å². The molecule has 0 aromatic rings. The van der Waals surface area contributed by atoms with Gasteiger partial charge in [-0.2, -0.15) is 5.26 Å². The van der Waals surface area contributed by atoms with Crippen LogP contribution in [0.1, 0.15) is 45.4 Å². The zero-order valence-electron chi connectivity index (χ0n) is 9.78. The molecule has 0 N–H and O–H groups in total. The Hall–Kier alpha value is -0.550. The molecule has 0 aromatic heterocycles. The number of hydrogen-bond acceptors (Lipinski definition) is 2. The summed E-state index contributed by atoms with van der Waals surface area (Å²) in [6.07, 6.45) is 7.67. The van der Waals surface area contributed by atoms with Crippen molar-refractivity contribution >= 4 is 0 Å². The van der Waals surface area contributed by atoms with Crippen LogP contribution in [0, 0.1) is 23.2 Å². The van der Waals surface area contributed by atoms with E-state index in [1.165, 1.54) is 38.6 Å². The molecule has 2 fully saturated rings. The van der Waals surface area contributed by atoms with E-state index in [-0.39, 0.29) is 0 Å². The highest BCUT2D eigenvalue weighted by Crippen LogP contribution is 2.38. The number of nitrogens with zero attached hydrogens (tertiary/aromatic N) is 2. The van der Waals surface area contributed by atoms with Crippen molar-refractivity contribution in [3.8, 4) is 6.07 Å². The molecule has 15 heavy (non-hydrogen) atoms. The highest BCUT2D eigenvalue weighted by atomic mass is 15.2. The number of fused-ring (bicyclic) bond motifs is 1. The summed E-state index contributed by atoms with van der Waals surface area (Å²) in [5.74, 6) is 1.83. The Balaban J connectivity index is 1.98. The number of hydrogen-bond donors (Lipinski definition) is 0. The molecule has 0 radical (unpaired) electrons. The monoisotopic (exact) mass is 206 g/mol. The van der Waals surface area contributed by atoms with E-state index in [1.54, 1.807) is 0 Å². The maximum absolute atomic E-state index is 8.67. The summed E-state index contributed by atoms with van der Waals surface area (Å²) in [7, 11) is 0. The molecule has 0 amide bonds. The smallest absolute Gasteiger partial charge is 0.0635 e. The topological polar surface area (TPSA) is 27.0 Å². The van der Waals surface area contributed by atoms with Gasteiger partial charge in [-0.15, -0.1) is 0 Å². The molecule has 0 aromatic carbocycles. The van der Waals surface area contributed by atoms with Crippen molar-refractivity contribution in [2.24, 2.45) is 11.8 Å². The van der Waals surface area contributed by atoms with E-state index in [0.717, 1.165) is 24.4 Å². The van der Waals surface area contributed by atoms with Crippen LogP contribution in [-0.2, 0) is 0 Å². The molecule has 2 rings (SSSR count). The molecule has 1 aliphatic heterocycles. The van der Waals surface area contributed by atoms with Crippen LogP contribution in [-0.4, -0.2) is 24.0 Å². The van der Waals surface area contributed by atoms with E-state index in [4.69, 9.17) is 5.26 Å². The second-order valence-electron chi connectivity index (χ2n) is 5.23. The molecule has 3 atom stereocenters. The number of rotatable bonds is 2. The fourth-order valence-corrected chi connectivity index (χ4v) is 3.48. The minimum atomic E-state index is 0.706. The molecule has 2 nitrogen and oxygen atoms in total. The number of likely N-dealkylation sites (tertiary alicyclic amines) is 1. The Bertz CT molecular complexity index is 243. The average Bonchev–Trinajstić information content (AvgIpc) is 2.29. The van der Waals surface area contributed by atoms with Crippen LogP contribution in [0.2, 0.25) is 0 Å². The maximum atomic E-state index is 8.67. The molecule has 2 aliphatic rings. The average molecular weight is 206 g/mol. The lowest BCUT2D eigenvalue weighted by atomic mass is 9.72. The summed E-state index contributed by atoms with van der Waals surface area (Å²) < 4.78 is 0. The van der Waals surface area contributed by atoms with Crippen molar-refractivity contribution in [2.75, 3.05) is 13.1 Å².